The van der Waals surface area contributed by atoms with Gasteiger partial charge in [0.2, 0.25) is 5.76 Å². The van der Waals surface area contributed by atoms with E-state index in [0.29, 0.717) is 12.3 Å². The lowest BCUT2D eigenvalue weighted by atomic mass is 10.2. The molecule has 1 aromatic heterocycles. The van der Waals surface area contributed by atoms with Gasteiger partial charge in [0, 0.05) is 5.56 Å². The van der Waals surface area contributed by atoms with Crippen molar-refractivity contribution >= 4 is 5.97 Å². The van der Waals surface area contributed by atoms with Crippen LogP contribution in [0, 0.1) is 6.92 Å². The van der Waals surface area contributed by atoms with E-state index in [0.717, 1.165) is 30.8 Å². The summed E-state index contributed by atoms with van der Waals surface area (Å²) < 4.78 is 10.2. The van der Waals surface area contributed by atoms with Crippen LogP contribution < -0.4 is 5.32 Å². The number of nitrogens with zero attached hydrogens (tertiary/aromatic N) is 1. The summed E-state index contributed by atoms with van der Waals surface area (Å²) in [4.78, 5) is 13.6. The maximum Gasteiger partial charge on any atom is 0.374 e. The Morgan fingerprint density at radius 1 is 1.56 bits per heavy atom. The van der Waals surface area contributed by atoms with Crippen LogP contribution in [0.4, 0.5) is 0 Å². The van der Waals surface area contributed by atoms with E-state index in [9.17, 15) is 4.79 Å². The van der Waals surface area contributed by atoms with Gasteiger partial charge < -0.3 is 14.5 Å². The third-order valence-corrected chi connectivity index (χ3v) is 2.73. The minimum atomic E-state index is -0.420. The molecule has 0 bridgehead atoms. The number of esters is 1. The Balaban J connectivity index is 2.54. The van der Waals surface area contributed by atoms with E-state index in [4.69, 9.17) is 4.42 Å². The predicted molar refractivity (Wildman–Crippen MR) is 69.7 cm³/mol. The molecule has 1 N–H and O–H groups in total. The minimum Gasteiger partial charge on any atom is -0.463 e. The Morgan fingerprint density at radius 2 is 2.28 bits per heavy atom. The zero-order chi connectivity index (χ0) is 13.5. The van der Waals surface area contributed by atoms with Gasteiger partial charge in [-0.3, -0.25) is 4.90 Å². The highest BCUT2D eigenvalue weighted by Crippen LogP contribution is 2.16. The van der Waals surface area contributed by atoms with Crippen molar-refractivity contribution in [2.24, 2.45) is 0 Å². The SMILES string of the molecule is CNCCCN(C)Cc1cc(C)c(C(=O)OC)o1. The molecule has 1 rings (SSSR count). The number of ether oxygens (including phenoxy) is 1. The first-order valence-corrected chi connectivity index (χ1v) is 6.09. The van der Waals surface area contributed by atoms with Crippen LogP contribution in [0.5, 0.6) is 0 Å². The summed E-state index contributed by atoms with van der Waals surface area (Å²) in [5.74, 6) is 0.674. The van der Waals surface area contributed by atoms with Crippen molar-refractivity contribution in [1.82, 2.24) is 10.2 Å². The molecule has 0 saturated carbocycles. The average molecular weight is 254 g/mol. The van der Waals surface area contributed by atoms with Crippen molar-refractivity contribution in [2.45, 2.75) is 19.9 Å². The molecule has 0 radical (unpaired) electrons. The number of methoxy groups -OCH3 is 1. The summed E-state index contributed by atoms with van der Waals surface area (Å²) in [7, 11) is 5.33. The first-order valence-electron chi connectivity index (χ1n) is 6.09. The van der Waals surface area contributed by atoms with Crippen molar-refractivity contribution < 1.29 is 13.9 Å². The first-order chi connectivity index (χ1) is 8.58. The summed E-state index contributed by atoms with van der Waals surface area (Å²) in [6.07, 6.45) is 1.08. The van der Waals surface area contributed by atoms with Gasteiger partial charge in [0.1, 0.15) is 5.76 Å². The quantitative estimate of drug-likeness (QED) is 0.589. The van der Waals surface area contributed by atoms with E-state index >= 15 is 0 Å². The molecule has 0 spiro atoms. The van der Waals surface area contributed by atoms with Crippen molar-refractivity contribution in [3.8, 4) is 0 Å². The summed E-state index contributed by atoms with van der Waals surface area (Å²) in [5.41, 5.74) is 0.820. The van der Waals surface area contributed by atoms with Crippen LogP contribution in [0.3, 0.4) is 0 Å². The van der Waals surface area contributed by atoms with E-state index in [-0.39, 0.29) is 0 Å². The first kappa shape index (κ1) is 14.7. The lowest BCUT2D eigenvalue weighted by Gasteiger charge is -2.14. The lowest BCUT2D eigenvalue weighted by molar-refractivity contribution is 0.0560. The molecule has 18 heavy (non-hydrogen) atoms. The normalized spacial score (nSPS) is 10.9. The van der Waals surface area contributed by atoms with E-state index in [1.807, 2.05) is 27.1 Å². The number of hydrogen-bond donors (Lipinski definition) is 1. The van der Waals surface area contributed by atoms with Crippen LogP contribution in [-0.4, -0.2) is 45.2 Å². The van der Waals surface area contributed by atoms with Crippen LogP contribution in [0.15, 0.2) is 10.5 Å². The molecule has 0 fully saturated rings. The standard InChI is InChI=1S/C13H22N2O3/c1-10-8-11(18-12(10)13(16)17-4)9-15(3)7-5-6-14-2/h8,14H,5-7,9H2,1-4H3. The molecule has 0 unspecified atom stereocenters. The van der Waals surface area contributed by atoms with Gasteiger partial charge in [-0.05, 0) is 46.6 Å². The second kappa shape index (κ2) is 7.18. The fourth-order valence-electron chi connectivity index (χ4n) is 1.79. The maximum atomic E-state index is 11.4. The van der Waals surface area contributed by atoms with Gasteiger partial charge in [-0.25, -0.2) is 4.79 Å². The van der Waals surface area contributed by atoms with Gasteiger partial charge in [0.15, 0.2) is 0 Å². The predicted octanol–water partition coefficient (Wildman–Crippen LogP) is 1.42. The average Bonchev–Trinajstić information content (AvgIpc) is 2.69. The third kappa shape index (κ3) is 4.16. The van der Waals surface area contributed by atoms with Gasteiger partial charge in [-0.1, -0.05) is 0 Å². The molecular weight excluding hydrogens is 232 g/mol. The number of hydrogen-bond acceptors (Lipinski definition) is 5. The zero-order valence-corrected chi connectivity index (χ0v) is 11.6. The molecule has 0 saturated heterocycles. The number of rotatable bonds is 7. The summed E-state index contributed by atoms with van der Waals surface area (Å²) in [6, 6.07) is 1.89. The second-order valence-electron chi connectivity index (χ2n) is 4.41. The zero-order valence-electron chi connectivity index (χ0n) is 11.6. The van der Waals surface area contributed by atoms with Crippen LogP contribution in [0.2, 0.25) is 0 Å². The van der Waals surface area contributed by atoms with Crippen molar-refractivity contribution in [3.63, 3.8) is 0 Å². The highest BCUT2D eigenvalue weighted by molar-refractivity contribution is 5.87. The van der Waals surface area contributed by atoms with Gasteiger partial charge in [0.05, 0.1) is 13.7 Å². The molecule has 0 aliphatic rings. The number of aryl methyl sites for hydroxylation is 1. The topological polar surface area (TPSA) is 54.7 Å². The molecule has 5 heteroatoms. The molecular formula is C13H22N2O3. The smallest absolute Gasteiger partial charge is 0.374 e. The van der Waals surface area contributed by atoms with E-state index in [1.165, 1.54) is 7.11 Å². The Labute approximate surface area is 108 Å². The Hall–Kier alpha value is -1.33. The summed E-state index contributed by atoms with van der Waals surface area (Å²) in [6.45, 7) is 4.52. The summed E-state index contributed by atoms with van der Waals surface area (Å²) >= 11 is 0. The summed E-state index contributed by atoms with van der Waals surface area (Å²) in [5, 5.41) is 3.11. The van der Waals surface area contributed by atoms with Crippen LogP contribution in [0.25, 0.3) is 0 Å². The van der Waals surface area contributed by atoms with E-state index in [1.54, 1.807) is 0 Å². The highest BCUT2D eigenvalue weighted by Gasteiger charge is 2.16. The Morgan fingerprint density at radius 3 is 2.89 bits per heavy atom. The molecule has 0 atom stereocenters. The molecule has 102 valence electrons. The molecule has 5 nitrogen and oxygen atoms in total. The van der Waals surface area contributed by atoms with Gasteiger partial charge in [-0.2, -0.15) is 0 Å². The fraction of sp³-hybridized carbons (Fsp3) is 0.615. The molecule has 0 aliphatic carbocycles. The Kier molecular flexibility index (Phi) is 5.88. The van der Waals surface area contributed by atoms with Crippen LogP contribution in [-0.2, 0) is 11.3 Å². The molecule has 0 amide bonds. The maximum absolute atomic E-state index is 11.4. The number of carbonyl (C=O) groups excluding carboxylic acids is 1. The highest BCUT2D eigenvalue weighted by atomic mass is 16.5. The van der Waals surface area contributed by atoms with Gasteiger partial charge >= 0.3 is 5.97 Å². The number of carbonyl (C=O) groups is 1. The number of nitrogens with one attached hydrogen (secondary N) is 1. The van der Waals surface area contributed by atoms with Crippen molar-refractivity contribution in [3.05, 3.63) is 23.2 Å². The minimum absolute atomic E-state index is 0.302. The van der Waals surface area contributed by atoms with Gasteiger partial charge in [0.25, 0.3) is 0 Å². The lowest BCUT2D eigenvalue weighted by Crippen LogP contribution is -2.22. The van der Waals surface area contributed by atoms with Crippen LogP contribution >= 0.6 is 0 Å². The monoisotopic (exact) mass is 254 g/mol. The molecule has 1 heterocycles. The molecule has 0 aliphatic heterocycles. The van der Waals surface area contributed by atoms with Gasteiger partial charge in [-0.15, -0.1) is 0 Å². The van der Waals surface area contributed by atoms with E-state index < -0.39 is 5.97 Å². The third-order valence-electron chi connectivity index (χ3n) is 2.73. The molecule has 0 aromatic carbocycles. The molecule has 1 aromatic rings. The van der Waals surface area contributed by atoms with Crippen molar-refractivity contribution in [1.29, 1.82) is 0 Å². The van der Waals surface area contributed by atoms with Crippen LogP contribution in [0.1, 0.15) is 28.3 Å². The van der Waals surface area contributed by atoms with Crippen molar-refractivity contribution in [2.75, 3.05) is 34.3 Å². The number of furan rings is 1. The Bertz CT molecular complexity index is 388. The largest absolute Gasteiger partial charge is 0.463 e. The fourth-order valence-corrected chi connectivity index (χ4v) is 1.79. The van der Waals surface area contributed by atoms with E-state index in [2.05, 4.69) is 15.0 Å². The second-order valence-corrected chi connectivity index (χ2v) is 4.41.